The molecule has 0 radical (unpaired) electrons. The summed E-state index contributed by atoms with van der Waals surface area (Å²) in [7, 11) is -22.0. The predicted octanol–water partition coefficient (Wildman–Crippen LogP) is -0.737. The van der Waals surface area contributed by atoms with Crippen molar-refractivity contribution in [3.63, 3.8) is 0 Å². The zero-order valence-electron chi connectivity index (χ0n) is 11.0. The van der Waals surface area contributed by atoms with Crippen LogP contribution in [0, 0.1) is 0 Å². The zero-order chi connectivity index (χ0) is 18.0. The molecule has 0 aliphatic carbocycles. The minimum atomic E-state index is -5.91. The molecule has 12 nitrogen and oxygen atoms in total. The van der Waals surface area contributed by atoms with Gasteiger partial charge in [-0.1, -0.05) is 12.8 Å². The van der Waals surface area contributed by atoms with Crippen molar-refractivity contribution < 1.29 is 57.4 Å². The third kappa shape index (κ3) is 7.78. The normalized spacial score (nSPS) is 14.4. The van der Waals surface area contributed by atoms with Crippen LogP contribution in [-0.2, 0) is 18.3 Å². The molecule has 0 aromatic carbocycles. The van der Waals surface area contributed by atoms with Crippen LogP contribution in [0.4, 0.5) is 0 Å². The van der Waals surface area contributed by atoms with E-state index in [1.807, 2.05) is 0 Å². The summed E-state index contributed by atoms with van der Waals surface area (Å²) < 4.78 is 40.8. The Labute approximate surface area is 174 Å². The first-order chi connectivity index (χ1) is 9.46. The van der Waals surface area contributed by atoms with Crippen LogP contribution < -0.4 is 0 Å². The second-order valence-electron chi connectivity index (χ2n) is 4.61. The van der Waals surface area contributed by atoms with Gasteiger partial charge in [0.15, 0.2) is 0 Å². The summed E-state index contributed by atoms with van der Waals surface area (Å²) in [4.78, 5) is 71.7. The van der Waals surface area contributed by atoms with Crippen LogP contribution in [-0.4, -0.2) is 101 Å². The fraction of sp³-hybridized carbons (Fsp3) is 1.00. The second kappa shape index (κ2) is 9.44. The molecular formula is C6H19KO12P4. The van der Waals surface area contributed by atoms with Crippen LogP contribution in [0.5, 0.6) is 0 Å². The molecule has 0 amide bonds. The monoisotopic (exact) mass is 446 g/mol. The summed E-state index contributed by atoms with van der Waals surface area (Å²) >= 11 is 0. The maximum atomic E-state index is 11.4. The predicted molar refractivity (Wildman–Crippen MR) is 81.4 cm³/mol. The van der Waals surface area contributed by atoms with Crippen LogP contribution in [0.25, 0.3) is 0 Å². The molecule has 0 aromatic rings. The molecule has 17 heteroatoms. The molecule has 23 heavy (non-hydrogen) atoms. The Hall–Kier alpha value is 2.24. The Morgan fingerprint density at radius 2 is 0.957 bits per heavy atom. The summed E-state index contributed by atoms with van der Waals surface area (Å²) in [5.74, 6) is 0. The second-order valence-corrected chi connectivity index (χ2v) is 13.0. The molecule has 0 aliphatic heterocycles. The van der Waals surface area contributed by atoms with Crippen molar-refractivity contribution in [2.24, 2.45) is 0 Å². The third-order valence-corrected chi connectivity index (χ3v) is 11.9. The summed E-state index contributed by atoms with van der Waals surface area (Å²) in [5, 5.41) is 0. The Morgan fingerprint density at radius 1 is 0.609 bits per heavy atom. The molecular weight excluding hydrogens is 427 g/mol. The Kier molecular flexibility index (Phi) is 11.3. The summed E-state index contributed by atoms with van der Waals surface area (Å²) in [6.07, 6.45) is -2.52. The van der Waals surface area contributed by atoms with E-state index in [0.29, 0.717) is 0 Å². The molecule has 0 saturated heterocycles. The number of rotatable bonds is 9. The van der Waals surface area contributed by atoms with Crippen LogP contribution in [0.15, 0.2) is 0 Å². The van der Waals surface area contributed by atoms with E-state index < -0.39 is 54.0 Å². The average Bonchev–Trinajstić information content (AvgIpc) is 2.15. The molecule has 0 aromatic heterocycles. The van der Waals surface area contributed by atoms with Crippen LogP contribution in [0.3, 0.4) is 0 Å². The molecule has 0 unspecified atom stereocenters. The van der Waals surface area contributed by atoms with Gasteiger partial charge in [-0.05, 0) is 12.8 Å². The summed E-state index contributed by atoms with van der Waals surface area (Å²) in [6, 6.07) is 0. The molecule has 0 rings (SSSR count). The molecule has 0 fully saturated rings. The molecule has 0 spiro atoms. The molecule has 0 bridgehead atoms. The van der Waals surface area contributed by atoms with Crippen molar-refractivity contribution >= 4 is 81.8 Å². The number of hydrogen-bond donors (Lipinski definition) is 8. The van der Waals surface area contributed by atoms with Gasteiger partial charge in [0.25, 0.3) is 4.64 Å². The van der Waals surface area contributed by atoms with Gasteiger partial charge in [0, 0.05) is 6.16 Å². The standard InChI is InChI=1S/C6H18O12P4.K.H/c7-19(8,9)5-3-1-2-4-6(20(10,11)12,21(13,14)15)22(16,17)18;;/h1-5H2,(H2,7,8,9)(H2,10,11,12)(H2,13,14,15)(H2,16,17,18);;. The van der Waals surface area contributed by atoms with Gasteiger partial charge in [-0.2, -0.15) is 0 Å². The van der Waals surface area contributed by atoms with Gasteiger partial charge >= 0.3 is 81.8 Å². The van der Waals surface area contributed by atoms with Crippen molar-refractivity contribution in [1.82, 2.24) is 0 Å². The van der Waals surface area contributed by atoms with Gasteiger partial charge in [0.05, 0.1) is 0 Å². The van der Waals surface area contributed by atoms with E-state index in [9.17, 15) is 18.3 Å². The van der Waals surface area contributed by atoms with E-state index in [4.69, 9.17) is 39.1 Å². The van der Waals surface area contributed by atoms with Crippen LogP contribution in [0.2, 0.25) is 0 Å². The molecule has 0 saturated carbocycles. The molecule has 8 N–H and O–H groups in total. The molecule has 0 heterocycles. The Bertz CT molecular complexity index is 511. The van der Waals surface area contributed by atoms with E-state index in [-0.39, 0.29) is 64.2 Å². The van der Waals surface area contributed by atoms with Gasteiger partial charge in [-0.25, -0.2) is 0 Å². The maximum absolute atomic E-state index is 11.4. The Balaban J connectivity index is 0. The minimum absolute atomic E-state index is 0. The van der Waals surface area contributed by atoms with E-state index >= 15 is 0 Å². The van der Waals surface area contributed by atoms with Gasteiger partial charge in [-0.15, -0.1) is 0 Å². The van der Waals surface area contributed by atoms with Crippen LogP contribution in [0.1, 0.15) is 25.7 Å². The van der Waals surface area contributed by atoms with Gasteiger partial charge < -0.3 is 39.1 Å². The average molecular weight is 446 g/mol. The molecule has 0 aliphatic rings. The fourth-order valence-electron chi connectivity index (χ4n) is 1.80. The van der Waals surface area contributed by atoms with Gasteiger partial charge in [0.1, 0.15) is 0 Å². The van der Waals surface area contributed by atoms with Crippen molar-refractivity contribution in [1.29, 1.82) is 0 Å². The quantitative estimate of drug-likeness (QED) is 0.124. The van der Waals surface area contributed by atoms with Crippen LogP contribution >= 0.6 is 30.4 Å². The number of unbranched alkanes of at least 4 members (excludes halogenated alkanes) is 2. The summed E-state index contributed by atoms with van der Waals surface area (Å²) in [5.41, 5.74) is 0. The molecule has 136 valence electrons. The number of hydrogen-bond acceptors (Lipinski definition) is 4. The zero-order valence-corrected chi connectivity index (χ0v) is 14.6. The summed E-state index contributed by atoms with van der Waals surface area (Å²) in [6.45, 7) is 0. The van der Waals surface area contributed by atoms with Crippen molar-refractivity contribution in [2.75, 3.05) is 6.16 Å². The van der Waals surface area contributed by atoms with E-state index in [2.05, 4.69) is 0 Å². The molecule has 0 atom stereocenters. The van der Waals surface area contributed by atoms with E-state index in [0.717, 1.165) is 0 Å². The first-order valence-electron chi connectivity index (χ1n) is 5.67. The van der Waals surface area contributed by atoms with Crippen molar-refractivity contribution in [2.45, 2.75) is 30.3 Å². The van der Waals surface area contributed by atoms with Crippen molar-refractivity contribution in [3.05, 3.63) is 0 Å². The van der Waals surface area contributed by atoms with Gasteiger partial charge in [-0.3, -0.25) is 18.3 Å². The van der Waals surface area contributed by atoms with Gasteiger partial charge in [0.2, 0.25) is 0 Å². The first-order valence-corrected chi connectivity index (χ1v) is 12.3. The van der Waals surface area contributed by atoms with Crippen molar-refractivity contribution in [3.8, 4) is 0 Å². The fourth-order valence-corrected chi connectivity index (χ4v) is 7.86. The van der Waals surface area contributed by atoms with E-state index in [1.54, 1.807) is 0 Å². The third-order valence-electron chi connectivity index (χ3n) is 2.86. The first kappa shape index (κ1) is 27.5. The van der Waals surface area contributed by atoms with E-state index in [1.165, 1.54) is 0 Å². The topological polar surface area (TPSA) is 230 Å². The Morgan fingerprint density at radius 3 is 1.22 bits per heavy atom. The SMILES string of the molecule is O=P(O)(O)CCCCCC(P(=O)(O)O)(P(=O)(O)O)P(=O)(O)O.[KH].